The number of carbonyl (C=O) groups excluding carboxylic acids is 1. The fourth-order valence-electron chi connectivity index (χ4n) is 1.63. The summed E-state index contributed by atoms with van der Waals surface area (Å²) in [6.45, 7) is 4.16. The van der Waals surface area contributed by atoms with Crippen molar-refractivity contribution in [3.8, 4) is 5.75 Å². The molecule has 0 unspecified atom stereocenters. The molecule has 0 fully saturated rings. The molecule has 0 atom stereocenters. The predicted octanol–water partition coefficient (Wildman–Crippen LogP) is 3.28. The molecule has 18 heavy (non-hydrogen) atoms. The highest BCUT2D eigenvalue weighted by molar-refractivity contribution is 7.09. The van der Waals surface area contributed by atoms with Crippen LogP contribution in [0, 0.1) is 6.92 Å². The summed E-state index contributed by atoms with van der Waals surface area (Å²) in [5, 5.41) is 0. The van der Waals surface area contributed by atoms with Crippen molar-refractivity contribution >= 4 is 17.1 Å². The summed E-state index contributed by atoms with van der Waals surface area (Å²) in [7, 11) is 0. The van der Waals surface area contributed by atoms with E-state index in [2.05, 4.69) is 4.98 Å². The molecule has 0 aliphatic rings. The summed E-state index contributed by atoms with van der Waals surface area (Å²) in [6, 6.07) is 7.28. The number of Topliss-reactive ketones (excluding diaryl/α,β-unsaturated/α-hetero) is 1. The number of carbonyl (C=O) groups is 1. The lowest BCUT2D eigenvalue weighted by Crippen LogP contribution is -2.02. The van der Waals surface area contributed by atoms with Gasteiger partial charge in [-0.15, -0.1) is 11.3 Å². The highest BCUT2D eigenvalue weighted by atomic mass is 32.1. The summed E-state index contributed by atoms with van der Waals surface area (Å²) in [6.07, 6.45) is 0.848. The molecule has 1 heterocycles. The molecule has 2 aromatic rings. The van der Waals surface area contributed by atoms with Crippen LogP contribution in [0.5, 0.6) is 5.75 Å². The van der Waals surface area contributed by atoms with Crippen LogP contribution in [0.3, 0.4) is 0 Å². The van der Waals surface area contributed by atoms with Crippen molar-refractivity contribution in [1.29, 1.82) is 0 Å². The molecular weight excluding hydrogens is 246 g/mol. The van der Waals surface area contributed by atoms with Gasteiger partial charge < -0.3 is 4.74 Å². The maximum absolute atomic E-state index is 11.2. The summed E-state index contributed by atoms with van der Waals surface area (Å²) in [5.41, 5.74) is 3.60. The maximum atomic E-state index is 11.2. The van der Waals surface area contributed by atoms with Crippen LogP contribution in [0.4, 0.5) is 0 Å². The van der Waals surface area contributed by atoms with Crippen LogP contribution < -0.4 is 4.74 Å². The van der Waals surface area contributed by atoms with Crippen molar-refractivity contribution in [3.05, 3.63) is 45.9 Å². The Labute approximate surface area is 110 Å². The van der Waals surface area contributed by atoms with E-state index in [1.165, 1.54) is 4.88 Å². The molecule has 0 saturated carbocycles. The van der Waals surface area contributed by atoms with Crippen LogP contribution in [0.25, 0.3) is 0 Å². The third-order valence-electron chi connectivity index (χ3n) is 2.68. The van der Waals surface area contributed by atoms with Gasteiger partial charge in [0, 0.05) is 16.9 Å². The van der Waals surface area contributed by atoms with Crippen molar-refractivity contribution in [3.63, 3.8) is 0 Å². The summed E-state index contributed by atoms with van der Waals surface area (Å²) in [4.78, 5) is 16.7. The maximum Gasteiger partial charge on any atom is 0.159 e. The zero-order chi connectivity index (χ0) is 13.0. The Morgan fingerprint density at radius 3 is 2.94 bits per heavy atom. The normalized spacial score (nSPS) is 10.3. The SMILES string of the molecule is CC(=O)c1cccc(OCCc2scnc2C)c1. The Hall–Kier alpha value is -1.68. The first-order valence-electron chi connectivity index (χ1n) is 5.79. The number of ether oxygens (including phenoxy) is 1. The second-order valence-corrected chi connectivity index (χ2v) is 4.98. The predicted molar refractivity (Wildman–Crippen MR) is 72.5 cm³/mol. The van der Waals surface area contributed by atoms with E-state index in [0.29, 0.717) is 12.2 Å². The Balaban J connectivity index is 1.92. The lowest BCUT2D eigenvalue weighted by molar-refractivity contribution is 0.101. The molecule has 3 nitrogen and oxygen atoms in total. The summed E-state index contributed by atoms with van der Waals surface area (Å²) in [5.74, 6) is 0.795. The Morgan fingerprint density at radius 2 is 2.28 bits per heavy atom. The van der Waals surface area contributed by atoms with Gasteiger partial charge >= 0.3 is 0 Å². The topological polar surface area (TPSA) is 39.2 Å². The van der Waals surface area contributed by atoms with Crippen LogP contribution in [0.2, 0.25) is 0 Å². The molecule has 0 N–H and O–H groups in total. The van der Waals surface area contributed by atoms with Gasteiger partial charge in [0.15, 0.2) is 5.78 Å². The number of benzene rings is 1. The van der Waals surface area contributed by atoms with Gasteiger partial charge in [-0.3, -0.25) is 4.79 Å². The first-order valence-corrected chi connectivity index (χ1v) is 6.67. The van der Waals surface area contributed by atoms with E-state index in [-0.39, 0.29) is 5.78 Å². The third kappa shape index (κ3) is 3.17. The second kappa shape index (κ2) is 5.78. The standard InChI is InChI=1S/C14H15NO2S/c1-10-14(18-9-15-10)6-7-17-13-5-3-4-12(8-13)11(2)16/h3-5,8-9H,6-7H2,1-2H3. The van der Waals surface area contributed by atoms with Gasteiger partial charge in [-0.25, -0.2) is 4.98 Å². The lowest BCUT2D eigenvalue weighted by Gasteiger charge is -2.06. The number of thiazole rings is 1. The van der Waals surface area contributed by atoms with Crippen molar-refractivity contribution < 1.29 is 9.53 Å². The molecule has 0 aliphatic heterocycles. The zero-order valence-electron chi connectivity index (χ0n) is 10.5. The average Bonchev–Trinajstić information content (AvgIpc) is 2.76. The molecule has 0 spiro atoms. The molecule has 0 saturated heterocycles. The highest BCUT2D eigenvalue weighted by Crippen LogP contribution is 2.16. The van der Waals surface area contributed by atoms with Crippen LogP contribution in [-0.2, 0) is 6.42 Å². The molecule has 0 amide bonds. The molecule has 0 bridgehead atoms. The molecule has 2 rings (SSSR count). The number of nitrogens with zero attached hydrogens (tertiary/aromatic N) is 1. The van der Waals surface area contributed by atoms with E-state index < -0.39 is 0 Å². The van der Waals surface area contributed by atoms with Gasteiger partial charge in [-0.1, -0.05) is 12.1 Å². The van der Waals surface area contributed by atoms with E-state index in [1.54, 1.807) is 30.4 Å². The van der Waals surface area contributed by atoms with Crippen LogP contribution >= 0.6 is 11.3 Å². The minimum Gasteiger partial charge on any atom is -0.493 e. The molecule has 94 valence electrons. The number of ketones is 1. The average molecular weight is 261 g/mol. The minimum absolute atomic E-state index is 0.0544. The Morgan fingerprint density at radius 1 is 1.44 bits per heavy atom. The monoisotopic (exact) mass is 261 g/mol. The Kier molecular flexibility index (Phi) is 4.10. The van der Waals surface area contributed by atoms with E-state index in [4.69, 9.17) is 4.74 Å². The van der Waals surface area contributed by atoms with Crippen molar-refractivity contribution in [1.82, 2.24) is 4.98 Å². The first kappa shape index (κ1) is 12.8. The summed E-state index contributed by atoms with van der Waals surface area (Å²) >= 11 is 1.65. The third-order valence-corrected chi connectivity index (χ3v) is 3.68. The van der Waals surface area contributed by atoms with Gasteiger partial charge in [-0.2, -0.15) is 0 Å². The van der Waals surface area contributed by atoms with Gasteiger partial charge in [0.2, 0.25) is 0 Å². The van der Waals surface area contributed by atoms with Gasteiger partial charge in [0.05, 0.1) is 17.8 Å². The smallest absolute Gasteiger partial charge is 0.159 e. The number of aromatic nitrogens is 1. The van der Waals surface area contributed by atoms with Crippen molar-refractivity contribution in [2.24, 2.45) is 0 Å². The number of hydrogen-bond donors (Lipinski definition) is 0. The molecule has 0 aliphatic carbocycles. The zero-order valence-corrected chi connectivity index (χ0v) is 11.3. The molecule has 1 aromatic carbocycles. The second-order valence-electron chi connectivity index (χ2n) is 4.04. The Bertz CT molecular complexity index is 548. The van der Waals surface area contributed by atoms with E-state index in [1.807, 2.05) is 24.6 Å². The largest absolute Gasteiger partial charge is 0.493 e. The number of aryl methyl sites for hydroxylation is 1. The van der Waals surface area contributed by atoms with Crippen molar-refractivity contribution in [2.45, 2.75) is 20.3 Å². The number of rotatable bonds is 5. The van der Waals surface area contributed by atoms with Crippen LogP contribution in [-0.4, -0.2) is 17.4 Å². The van der Waals surface area contributed by atoms with Crippen LogP contribution in [0.15, 0.2) is 29.8 Å². The molecule has 1 aromatic heterocycles. The first-order chi connectivity index (χ1) is 8.66. The lowest BCUT2D eigenvalue weighted by atomic mass is 10.1. The van der Waals surface area contributed by atoms with Gasteiger partial charge in [0.25, 0.3) is 0 Å². The molecule has 0 radical (unpaired) electrons. The van der Waals surface area contributed by atoms with Crippen molar-refractivity contribution in [2.75, 3.05) is 6.61 Å². The fourth-order valence-corrected chi connectivity index (χ4v) is 2.40. The van der Waals surface area contributed by atoms with E-state index in [9.17, 15) is 4.79 Å². The fraction of sp³-hybridized carbons (Fsp3) is 0.286. The molecular formula is C14H15NO2S. The van der Waals surface area contributed by atoms with E-state index in [0.717, 1.165) is 17.9 Å². The highest BCUT2D eigenvalue weighted by Gasteiger charge is 2.03. The minimum atomic E-state index is 0.0544. The summed E-state index contributed by atoms with van der Waals surface area (Å²) < 4.78 is 5.65. The number of hydrogen-bond acceptors (Lipinski definition) is 4. The van der Waals surface area contributed by atoms with E-state index >= 15 is 0 Å². The van der Waals surface area contributed by atoms with Crippen LogP contribution in [0.1, 0.15) is 27.9 Å². The quantitative estimate of drug-likeness (QED) is 0.775. The van der Waals surface area contributed by atoms with Gasteiger partial charge in [0.1, 0.15) is 5.75 Å². The van der Waals surface area contributed by atoms with Gasteiger partial charge in [-0.05, 0) is 26.0 Å². The molecule has 4 heteroatoms.